The molecule has 0 fully saturated rings. The lowest BCUT2D eigenvalue weighted by Gasteiger charge is -2.26. The molecule has 5 nitrogen and oxygen atoms in total. The van der Waals surface area contributed by atoms with E-state index in [0.29, 0.717) is 24.7 Å². The van der Waals surface area contributed by atoms with Crippen molar-refractivity contribution in [1.82, 2.24) is 15.1 Å². The first-order valence-electron chi connectivity index (χ1n) is 7.89. The quantitative estimate of drug-likeness (QED) is 0.789. The van der Waals surface area contributed by atoms with Crippen molar-refractivity contribution < 1.29 is 9.59 Å². The third kappa shape index (κ3) is 5.84. The summed E-state index contributed by atoms with van der Waals surface area (Å²) in [5.41, 5.74) is 0.872. The summed E-state index contributed by atoms with van der Waals surface area (Å²) in [7, 11) is 1.78. The zero-order valence-electron chi connectivity index (χ0n) is 14.3. The number of halogens is 1. The predicted octanol–water partition coefficient (Wildman–Crippen LogP) is 2.14. The van der Waals surface area contributed by atoms with Gasteiger partial charge in [0.2, 0.25) is 11.8 Å². The zero-order chi connectivity index (χ0) is 17.4. The number of nitrogens with zero attached hydrogens (tertiary/aromatic N) is 2. The molecule has 2 amide bonds. The van der Waals surface area contributed by atoms with Crippen LogP contribution in [0.1, 0.15) is 26.3 Å². The van der Waals surface area contributed by atoms with E-state index in [4.69, 9.17) is 11.6 Å². The van der Waals surface area contributed by atoms with Crippen LogP contribution in [0.25, 0.3) is 0 Å². The second kappa shape index (κ2) is 9.53. The van der Waals surface area contributed by atoms with Crippen LogP contribution < -0.4 is 5.32 Å². The fourth-order valence-corrected chi connectivity index (χ4v) is 2.40. The minimum absolute atomic E-state index is 0.0308. The first kappa shape index (κ1) is 19.5. The molecule has 0 aliphatic heterocycles. The first-order chi connectivity index (χ1) is 10.9. The van der Waals surface area contributed by atoms with Gasteiger partial charge < -0.3 is 10.2 Å². The van der Waals surface area contributed by atoms with Gasteiger partial charge in [-0.3, -0.25) is 14.5 Å². The maximum absolute atomic E-state index is 12.2. The average molecular weight is 340 g/mol. The Balaban J connectivity index is 2.52. The molecule has 0 aliphatic carbocycles. The largest absolute Gasteiger partial charge is 0.351 e. The molecule has 1 rings (SSSR count). The van der Waals surface area contributed by atoms with E-state index < -0.39 is 6.04 Å². The fraction of sp³-hybridized carbons (Fsp3) is 0.529. The van der Waals surface area contributed by atoms with Crippen LogP contribution in [0.4, 0.5) is 0 Å². The molecule has 23 heavy (non-hydrogen) atoms. The highest BCUT2D eigenvalue weighted by Gasteiger charge is 2.21. The Morgan fingerprint density at radius 2 is 1.83 bits per heavy atom. The van der Waals surface area contributed by atoms with E-state index in [-0.39, 0.29) is 18.4 Å². The summed E-state index contributed by atoms with van der Waals surface area (Å²) in [6.07, 6.45) is 0. The highest BCUT2D eigenvalue weighted by atomic mass is 35.5. The van der Waals surface area contributed by atoms with Crippen molar-refractivity contribution in [2.24, 2.45) is 0 Å². The van der Waals surface area contributed by atoms with E-state index in [1.165, 1.54) is 0 Å². The molecule has 0 aromatic heterocycles. The van der Waals surface area contributed by atoms with E-state index in [2.05, 4.69) is 5.32 Å². The molecule has 0 saturated carbocycles. The molecule has 0 radical (unpaired) electrons. The summed E-state index contributed by atoms with van der Waals surface area (Å²) in [5.74, 6) is -0.0944. The van der Waals surface area contributed by atoms with Gasteiger partial charge in [0.05, 0.1) is 12.6 Å². The number of carbonyl (C=O) groups is 2. The smallest absolute Gasteiger partial charge is 0.237 e. The van der Waals surface area contributed by atoms with Crippen LogP contribution in [0.2, 0.25) is 5.02 Å². The van der Waals surface area contributed by atoms with Crippen LogP contribution in [-0.2, 0) is 16.1 Å². The molecule has 0 unspecified atom stereocenters. The third-order valence-electron chi connectivity index (χ3n) is 3.95. The normalized spacial score (nSPS) is 12.1. The lowest BCUT2D eigenvalue weighted by molar-refractivity contribution is -0.133. The first-order valence-corrected chi connectivity index (χ1v) is 8.27. The molecular formula is C17H26ClN3O2. The van der Waals surface area contributed by atoms with Gasteiger partial charge in [0.15, 0.2) is 0 Å². The number of hydrogen-bond donors (Lipinski definition) is 1. The zero-order valence-corrected chi connectivity index (χ0v) is 15.1. The van der Waals surface area contributed by atoms with Crippen molar-refractivity contribution in [3.05, 3.63) is 34.9 Å². The van der Waals surface area contributed by atoms with Gasteiger partial charge in [-0.2, -0.15) is 0 Å². The van der Waals surface area contributed by atoms with Gasteiger partial charge in [-0.15, -0.1) is 0 Å². The Bertz CT molecular complexity index is 532. The summed E-state index contributed by atoms with van der Waals surface area (Å²) in [6.45, 7) is 7.63. The molecule has 0 heterocycles. The second-order valence-corrected chi connectivity index (χ2v) is 5.87. The molecule has 6 heteroatoms. The molecule has 1 aromatic rings. The Morgan fingerprint density at radius 3 is 2.39 bits per heavy atom. The molecule has 128 valence electrons. The van der Waals surface area contributed by atoms with E-state index in [1.54, 1.807) is 29.8 Å². The number of benzene rings is 1. The second-order valence-electron chi connectivity index (χ2n) is 5.47. The number of likely N-dealkylation sites (N-methyl/N-ethyl adjacent to an activating group) is 2. The van der Waals surface area contributed by atoms with Gasteiger partial charge in [0.25, 0.3) is 0 Å². The van der Waals surface area contributed by atoms with Crippen LogP contribution in [0.3, 0.4) is 0 Å². The average Bonchev–Trinajstić information content (AvgIpc) is 2.54. The number of amides is 2. The Kier molecular flexibility index (Phi) is 8.06. The van der Waals surface area contributed by atoms with Crippen molar-refractivity contribution >= 4 is 23.4 Å². The molecular weight excluding hydrogens is 314 g/mol. The molecule has 0 aliphatic rings. The highest BCUT2D eigenvalue weighted by molar-refractivity contribution is 6.31. The van der Waals surface area contributed by atoms with E-state index >= 15 is 0 Å². The maximum Gasteiger partial charge on any atom is 0.237 e. The predicted molar refractivity (Wildman–Crippen MR) is 93.3 cm³/mol. The standard InChI is InChI=1S/C17H26ClN3O2/c1-5-21(6-2)16(22)12-20(4)13(3)17(23)19-11-14-9-7-8-10-15(14)18/h7-10,13H,5-6,11-12H2,1-4H3,(H,19,23)/t13-/m1/s1. The number of hydrogen-bond acceptors (Lipinski definition) is 3. The van der Waals surface area contributed by atoms with Gasteiger partial charge in [-0.1, -0.05) is 29.8 Å². The third-order valence-corrected chi connectivity index (χ3v) is 4.32. The Morgan fingerprint density at radius 1 is 1.22 bits per heavy atom. The van der Waals surface area contributed by atoms with Gasteiger partial charge in [-0.25, -0.2) is 0 Å². The van der Waals surface area contributed by atoms with Gasteiger partial charge in [0, 0.05) is 24.7 Å². The molecule has 1 aromatic carbocycles. The summed E-state index contributed by atoms with van der Waals surface area (Å²) in [4.78, 5) is 27.8. The minimum Gasteiger partial charge on any atom is -0.351 e. The van der Waals surface area contributed by atoms with Crippen LogP contribution in [0, 0.1) is 0 Å². The van der Waals surface area contributed by atoms with E-state index in [9.17, 15) is 9.59 Å². The molecule has 1 atom stereocenters. The minimum atomic E-state index is -0.392. The highest BCUT2D eigenvalue weighted by Crippen LogP contribution is 2.14. The van der Waals surface area contributed by atoms with Crippen molar-refractivity contribution in [3.8, 4) is 0 Å². The number of rotatable bonds is 8. The van der Waals surface area contributed by atoms with Crippen LogP contribution in [-0.4, -0.2) is 54.3 Å². The monoisotopic (exact) mass is 339 g/mol. The van der Waals surface area contributed by atoms with Crippen molar-refractivity contribution in [3.63, 3.8) is 0 Å². The number of carbonyl (C=O) groups excluding carboxylic acids is 2. The van der Waals surface area contributed by atoms with E-state index in [1.807, 2.05) is 32.0 Å². The SMILES string of the molecule is CCN(CC)C(=O)CN(C)[C@H](C)C(=O)NCc1ccccc1Cl. The Labute approximate surface area is 143 Å². The molecule has 1 N–H and O–H groups in total. The maximum atomic E-state index is 12.2. The molecule has 0 spiro atoms. The van der Waals surface area contributed by atoms with Crippen molar-refractivity contribution in [2.45, 2.75) is 33.4 Å². The summed E-state index contributed by atoms with van der Waals surface area (Å²) in [5, 5.41) is 3.49. The lowest BCUT2D eigenvalue weighted by Crippen LogP contribution is -2.47. The van der Waals surface area contributed by atoms with Crippen LogP contribution >= 0.6 is 11.6 Å². The number of nitrogens with one attached hydrogen (secondary N) is 1. The van der Waals surface area contributed by atoms with Gasteiger partial charge in [-0.05, 0) is 39.4 Å². The molecule has 0 bridgehead atoms. The molecule has 0 saturated heterocycles. The topological polar surface area (TPSA) is 52.7 Å². The van der Waals surface area contributed by atoms with E-state index in [0.717, 1.165) is 5.56 Å². The summed E-state index contributed by atoms with van der Waals surface area (Å²) in [6, 6.07) is 7.01. The van der Waals surface area contributed by atoms with Gasteiger partial charge in [0.1, 0.15) is 0 Å². The summed E-state index contributed by atoms with van der Waals surface area (Å²) >= 11 is 6.07. The lowest BCUT2D eigenvalue weighted by atomic mass is 10.2. The summed E-state index contributed by atoms with van der Waals surface area (Å²) < 4.78 is 0. The van der Waals surface area contributed by atoms with Crippen LogP contribution in [0.5, 0.6) is 0 Å². The van der Waals surface area contributed by atoms with Gasteiger partial charge >= 0.3 is 0 Å². The fourth-order valence-electron chi connectivity index (χ4n) is 2.20. The van der Waals surface area contributed by atoms with Crippen LogP contribution in [0.15, 0.2) is 24.3 Å². The Hall–Kier alpha value is -1.59. The van der Waals surface area contributed by atoms with Crippen molar-refractivity contribution in [2.75, 3.05) is 26.7 Å². The van der Waals surface area contributed by atoms with Crippen molar-refractivity contribution in [1.29, 1.82) is 0 Å².